The van der Waals surface area contributed by atoms with Crippen molar-refractivity contribution in [2.75, 3.05) is 33.3 Å². The van der Waals surface area contributed by atoms with Gasteiger partial charge in [0.2, 0.25) is 0 Å². The highest BCUT2D eigenvalue weighted by Gasteiger charge is 2.22. The molecule has 2 rings (SSSR count). The van der Waals surface area contributed by atoms with Gasteiger partial charge in [-0.05, 0) is 17.7 Å². The van der Waals surface area contributed by atoms with E-state index in [0.717, 1.165) is 31.7 Å². The molecule has 0 radical (unpaired) electrons. The minimum Gasteiger partial charge on any atom is -0.494 e. The third-order valence-electron chi connectivity index (χ3n) is 3.44. The predicted molar refractivity (Wildman–Crippen MR) is 70.4 cm³/mol. The molecule has 0 saturated carbocycles. The first-order chi connectivity index (χ1) is 9.26. The van der Waals surface area contributed by atoms with Crippen LogP contribution in [0.25, 0.3) is 0 Å². The molecule has 1 N–H and O–H groups in total. The highest BCUT2D eigenvalue weighted by molar-refractivity contribution is 5.31. The van der Waals surface area contributed by atoms with Crippen molar-refractivity contribution in [3.8, 4) is 11.8 Å². The lowest BCUT2D eigenvalue weighted by Gasteiger charge is -2.34. The smallest absolute Gasteiger partial charge is 0.165 e. The molecule has 1 aliphatic heterocycles. The SMILES string of the molecule is COc1ccc([C@H](CC#N)N2CCNCC2)cc1F. The number of methoxy groups -OCH3 is 1. The molecule has 1 aromatic carbocycles. The molecule has 0 spiro atoms. The quantitative estimate of drug-likeness (QED) is 0.898. The van der Waals surface area contributed by atoms with E-state index in [2.05, 4.69) is 16.3 Å². The minimum atomic E-state index is -0.377. The third kappa shape index (κ3) is 3.22. The molecule has 5 heteroatoms. The summed E-state index contributed by atoms with van der Waals surface area (Å²) in [6.45, 7) is 3.56. The average molecular weight is 263 g/mol. The van der Waals surface area contributed by atoms with Crippen molar-refractivity contribution >= 4 is 0 Å². The Balaban J connectivity index is 2.23. The Morgan fingerprint density at radius 3 is 2.79 bits per heavy atom. The molecule has 4 nitrogen and oxygen atoms in total. The van der Waals surface area contributed by atoms with E-state index in [9.17, 15) is 4.39 Å². The highest BCUT2D eigenvalue weighted by atomic mass is 19.1. The van der Waals surface area contributed by atoms with Crippen LogP contribution >= 0.6 is 0 Å². The van der Waals surface area contributed by atoms with Crippen molar-refractivity contribution < 1.29 is 9.13 Å². The van der Waals surface area contributed by atoms with E-state index in [1.807, 2.05) is 6.07 Å². The van der Waals surface area contributed by atoms with Crippen molar-refractivity contribution in [1.29, 1.82) is 5.26 Å². The monoisotopic (exact) mass is 263 g/mol. The van der Waals surface area contributed by atoms with Gasteiger partial charge in [0.15, 0.2) is 11.6 Å². The van der Waals surface area contributed by atoms with Gasteiger partial charge in [0.25, 0.3) is 0 Å². The number of hydrogen-bond acceptors (Lipinski definition) is 4. The van der Waals surface area contributed by atoms with Crippen LogP contribution in [-0.4, -0.2) is 38.2 Å². The summed E-state index contributed by atoms with van der Waals surface area (Å²) in [7, 11) is 1.45. The van der Waals surface area contributed by atoms with Gasteiger partial charge in [-0.2, -0.15) is 5.26 Å². The number of nitrogens with zero attached hydrogens (tertiary/aromatic N) is 2. The summed E-state index contributed by atoms with van der Waals surface area (Å²) >= 11 is 0. The molecular weight excluding hydrogens is 245 g/mol. The van der Waals surface area contributed by atoms with E-state index < -0.39 is 0 Å². The van der Waals surface area contributed by atoms with Crippen molar-refractivity contribution in [1.82, 2.24) is 10.2 Å². The van der Waals surface area contributed by atoms with Crippen LogP contribution in [-0.2, 0) is 0 Å². The maximum absolute atomic E-state index is 13.8. The number of halogens is 1. The molecule has 0 aliphatic carbocycles. The fraction of sp³-hybridized carbons (Fsp3) is 0.500. The lowest BCUT2D eigenvalue weighted by Crippen LogP contribution is -2.45. The number of ether oxygens (including phenoxy) is 1. The Bertz CT molecular complexity index is 466. The summed E-state index contributed by atoms with van der Waals surface area (Å²) in [5.41, 5.74) is 0.835. The number of nitrogens with one attached hydrogen (secondary N) is 1. The first kappa shape index (κ1) is 13.8. The molecule has 1 fully saturated rings. The molecule has 0 unspecified atom stereocenters. The molecule has 1 heterocycles. The third-order valence-corrected chi connectivity index (χ3v) is 3.44. The predicted octanol–water partition coefficient (Wildman–Crippen LogP) is 1.69. The Hall–Kier alpha value is -1.64. The summed E-state index contributed by atoms with van der Waals surface area (Å²) in [6, 6.07) is 7.08. The van der Waals surface area contributed by atoms with Gasteiger partial charge in [0.1, 0.15) is 0 Å². The van der Waals surface area contributed by atoms with E-state index in [0.29, 0.717) is 6.42 Å². The number of benzene rings is 1. The van der Waals surface area contributed by atoms with Gasteiger partial charge in [-0.1, -0.05) is 6.07 Å². The molecular formula is C14H18FN3O. The first-order valence-corrected chi connectivity index (χ1v) is 6.41. The Morgan fingerprint density at radius 1 is 1.47 bits per heavy atom. The first-order valence-electron chi connectivity index (χ1n) is 6.41. The molecule has 102 valence electrons. The van der Waals surface area contributed by atoms with Crippen molar-refractivity contribution in [3.05, 3.63) is 29.6 Å². The Kier molecular flexibility index (Phi) is 4.72. The molecule has 0 amide bonds. The zero-order chi connectivity index (χ0) is 13.7. The van der Waals surface area contributed by atoms with Gasteiger partial charge in [0.05, 0.1) is 19.6 Å². The van der Waals surface area contributed by atoms with Crippen molar-refractivity contribution in [2.24, 2.45) is 0 Å². The van der Waals surface area contributed by atoms with E-state index >= 15 is 0 Å². The van der Waals surface area contributed by atoms with E-state index in [1.54, 1.807) is 6.07 Å². The maximum Gasteiger partial charge on any atom is 0.165 e. The van der Waals surface area contributed by atoms with E-state index in [1.165, 1.54) is 13.2 Å². The normalized spacial score (nSPS) is 17.7. The van der Waals surface area contributed by atoms with Crippen LogP contribution in [0.5, 0.6) is 5.75 Å². The molecule has 0 aromatic heterocycles. The van der Waals surface area contributed by atoms with Crippen LogP contribution in [0.15, 0.2) is 18.2 Å². The van der Waals surface area contributed by atoms with Crippen LogP contribution < -0.4 is 10.1 Å². The number of rotatable bonds is 4. The van der Waals surface area contributed by atoms with Crippen molar-refractivity contribution in [3.63, 3.8) is 0 Å². The van der Waals surface area contributed by atoms with Gasteiger partial charge in [-0.3, -0.25) is 4.90 Å². The highest BCUT2D eigenvalue weighted by Crippen LogP contribution is 2.28. The van der Waals surface area contributed by atoms with Crippen molar-refractivity contribution in [2.45, 2.75) is 12.5 Å². The van der Waals surface area contributed by atoms with Gasteiger partial charge in [0, 0.05) is 32.2 Å². The fourth-order valence-electron chi connectivity index (χ4n) is 2.43. The van der Waals surface area contributed by atoms with Crippen LogP contribution in [0, 0.1) is 17.1 Å². The molecule has 1 aliphatic rings. The zero-order valence-electron chi connectivity index (χ0n) is 11.0. The number of piperazine rings is 1. The Labute approximate surface area is 112 Å². The van der Waals surface area contributed by atoms with E-state index in [-0.39, 0.29) is 17.6 Å². The largest absolute Gasteiger partial charge is 0.494 e. The summed E-state index contributed by atoms with van der Waals surface area (Å²) in [5, 5.41) is 12.3. The second-order valence-electron chi connectivity index (χ2n) is 4.56. The van der Waals surface area contributed by atoms with E-state index in [4.69, 9.17) is 10.00 Å². The summed E-state index contributed by atoms with van der Waals surface area (Å²) in [5.74, 6) is -0.141. The van der Waals surface area contributed by atoms with Gasteiger partial charge < -0.3 is 10.1 Å². The minimum absolute atomic E-state index is 0.0486. The van der Waals surface area contributed by atoms with Gasteiger partial charge in [-0.15, -0.1) is 0 Å². The zero-order valence-corrected chi connectivity index (χ0v) is 11.0. The maximum atomic E-state index is 13.8. The summed E-state index contributed by atoms with van der Waals surface area (Å²) in [4.78, 5) is 2.22. The van der Waals surface area contributed by atoms with Crippen LogP contribution in [0.4, 0.5) is 4.39 Å². The second-order valence-corrected chi connectivity index (χ2v) is 4.56. The van der Waals surface area contributed by atoms with Crippen LogP contribution in [0.3, 0.4) is 0 Å². The standard InChI is InChI=1S/C14H18FN3O/c1-19-14-3-2-11(10-12(14)15)13(4-5-16)18-8-6-17-7-9-18/h2-3,10,13,17H,4,6-9H2,1H3/t13-/m0/s1. The van der Waals surface area contributed by atoms with Crippen LogP contribution in [0.1, 0.15) is 18.0 Å². The topological polar surface area (TPSA) is 48.3 Å². The molecule has 1 atom stereocenters. The lowest BCUT2D eigenvalue weighted by molar-refractivity contribution is 0.175. The van der Waals surface area contributed by atoms with Crippen LogP contribution in [0.2, 0.25) is 0 Å². The molecule has 19 heavy (non-hydrogen) atoms. The summed E-state index contributed by atoms with van der Waals surface area (Å²) < 4.78 is 18.7. The molecule has 0 bridgehead atoms. The molecule has 1 saturated heterocycles. The fourth-order valence-corrected chi connectivity index (χ4v) is 2.43. The summed E-state index contributed by atoms with van der Waals surface area (Å²) in [6.07, 6.45) is 0.367. The van der Waals surface area contributed by atoms with Gasteiger partial charge in [-0.25, -0.2) is 4.39 Å². The Morgan fingerprint density at radius 2 is 2.21 bits per heavy atom. The number of nitriles is 1. The molecule has 1 aromatic rings. The van der Waals surface area contributed by atoms with Gasteiger partial charge >= 0.3 is 0 Å². The lowest BCUT2D eigenvalue weighted by atomic mass is 10.0. The second kappa shape index (κ2) is 6.50. The average Bonchev–Trinajstić information content (AvgIpc) is 2.45. The number of hydrogen-bond donors (Lipinski definition) is 1.